The van der Waals surface area contributed by atoms with Crippen LogP contribution < -0.4 is 5.32 Å². The molecule has 1 N–H and O–H groups in total. The lowest BCUT2D eigenvalue weighted by molar-refractivity contribution is -0.141. The third kappa shape index (κ3) is 7.58. The highest BCUT2D eigenvalue weighted by atomic mass is 32.2. The highest BCUT2D eigenvalue weighted by Gasteiger charge is 2.28. The Kier molecular flexibility index (Phi) is 9.26. The van der Waals surface area contributed by atoms with E-state index >= 15 is 0 Å². The van der Waals surface area contributed by atoms with Crippen LogP contribution >= 0.6 is 11.8 Å². The molecular weight excluding hydrogens is 380 g/mol. The smallest absolute Gasteiger partial charge is 0.243 e. The summed E-state index contributed by atoms with van der Waals surface area (Å²) in [6.07, 6.45) is 0.985. The van der Waals surface area contributed by atoms with Crippen LogP contribution in [0.15, 0.2) is 59.5 Å². The molecule has 156 valence electrons. The maximum atomic E-state index is 13.1. The molecular formula is C24H32N2O2S. The highest BCUT2D eigenvalue weighted by molar-refractivity contribution is 7.99. The summed E-state index contributed by atoms with van der Waals surface area (Å²) in [5.74, 6) is 0.618. The highest BCUT2D eigenvalue weighted by Crippen LogP contribution is 2.21. The number of thioether (sulfide) groups is 1. The summed E-state index contributed by atoms with van der Waals surface area (Å²) in [5, 5.41) is 2.96. The van der Waals surface area contributed by atoms with Crippen molar-refractivity contribution in [2.45, 2.75) is 64.1 Å². The molecule has 2 aromatic rings. The summed E-state index contributed by atoms with van der Waals surface area (Å²) in [6.45, 7) is 8.33. The number of hydrogen-bond acceptors (Lipinski definition) is 3. The molecule has 0 aliphatic heterocycles. The van der Waals surface area contributed by atoms with E-state index in [0.29, 0.717) is 25.1 Å². The van der Waals surface area contributed by atoms with Crippen molar-refractivity contribution < 1.29 is 9.59 Å². The number of rotatable bonds is 10. The van der Waals surface area contributed by atoms with Gasteiger partial charge in [-0.3, -0.25) is 9.59 Å². The predicted molar refractivity (Wildman–Crippen MR) is 121 cm³/mol. The number of amides is 2. The average Bonchev–Trinajstić information content (AvgIpc) is 2.69. The van der Waals surface area contributed by atoms with Gasteiger partial charge in [-0.05, 0) is 44.9 Å². The Bertz CT molecular complexity index is 775. The Hall–Kier alpha value is -2.27. The van der Waals surface area contributed by atoms with Crippen molar-refractivity contribution in [3.05, 3.63) is 65.7 Å². The molecule has 2 rings (SSSR count). The third-order valence-corrected chi connectivity index (χ3v) is 5.63. The lowest BCUT2D eigenvalue weighted by Crippen LogP contribution is -2.50. The molecule has 1 atom stereocenters. The van der Waals surface area contributed by atoms with Crippen molar-refractivity contribution in [1.82, 2.24) is 10.2 Å². The first-order chi connectivity index (χ1) is 13.9. The second-order valence-electron chi connectivity index (χ2n) is 7.51. The van der Waals surface area contributed by atoms with Crippen LogP contribution in [0.25, 0.3) is 0 Å². The van der Waals surface area contributed by atoms with Gasteiger partial charge in [-0.15, -0.1) is 11.8 Å². The van der Waals surface area contributed by atoms with Crippen LogP contribution in [0, 0.1) is 6.92 Å². The zero-order valence-corrected chi connectivity index (χ0v) is 18.7. The minimum atomic E-state index is -0.463. The standard InChI is InChI=1S/C24H32N2O2S/c1-5-22(24(28)25-18(2)3)26(17-20-9-7-6-8-10-20)23(27)15-16-29-21-13-11-19(4)12-14-21/h6-14,18,22H,5,15-17H2,1-4H3,(H,25,28)/t22-/m0/s1. The van der Waals surface area contributed by atoms with Crippen molar-refractivity contribution in [2.24, 2.45) is 0 Å². The van der Waals surface area contributed by atoms with Crippen LogP contribution in [0.1, 0.15) is 44.7 Å². The molecule has 2 amide bonds. The Morgan fingerprint density at radius 1 is 1.03 bits per heavy atom. The first-order valence-corrected chi connectivity index (χ1v) is 11.2. The molecule has 0 saturated heterocycles. The van der Waals surface area contributed by atoms with Crippen LogP contribution in [-0.2, 0) is 16.1 Å². The van der Waals surface area contributed by atoms with Crippen molar-refractivity contribution in [2.75, 3.05) is 5.75 Å². The van der Waals surface area contributed by atoms with E-state index in [9.17, 15) is 9.59 Å². The Morgan fingerprint density at radius 2 is 1.69 bits per heavy atom. The Labute approximate surface area is 179 Å². The molecule has 0 bridgehead atoms. The van der Waals surface area contributed by atoms with Gasteiger partial charge in [0.2, 0.25) is 11.8 Å². The quantitative estimate of drug-likeness (QED) is 0.570. The molecule has 0 aliphatic carbocycles. The number of hydrogen-bond donors (Lipinski definition) is 1. The first kappa shape index (κ1) is 23.0. The van der Waals surface area contributed by atoms with E-state index in [0.717, 1.165) is 10.5 Å². The molecule has 0 aliphatic rings. The van der Waals surface area contributed by atoms with E-state index in [1.807, 2.05) is 51.1 Å². The zero-order chi connectivity index (χ0) is 21.2. The van der Waals surface area contributed by atoms with E-state index in [4.69, 9.17) is 0 Å². The summed E-state index contributed by atoms with van der Waals surface area (Å²) in [6, 6.07) is 17.8. The lowest BCUT2D eigenvalue weighted by atomic mass is 10.1. The molecule has 29 heavy (non-hydrogen) atoms. The fraction of sp³-hybridized carbons (Fsp3) is 0.417. The van der Waals surface area contributed by atoms with Crippen molar-refractivity contribution >= 4 is 23.6 Å². The lowest BCUT2D eigenvalue weighted by Gasteiger charge is -2.31. The Morgan fingerprint density at radius 3 is 2.28 bits per heavy atom. The fourth-order valence-corrected chi connectivity index (χ4v) is 3.96. The summed E-state index contributed by atoms with van der Waals surface area (Å²) in [5.41, 5.74) is 2.25. The van der Waals surface area contributed by atoms with Gasteiger partial charge in [0.05, 0.1) is 0 Å². The van der Waals surface area contributed by atoms with Crippen LogP contribution in [0.3, 0.4) is 0 Å². The molecule has 0 aromatic heterocycles. The van der Waals surface area contributed by atoms with Crippen LogP contribution in [0.5, 0.6) is 0 Å². The van der Waals surface area contributed by atoms with Crippen LogP contribution in [0.4, 0.5) is 0 Å². The number of nitrogens with zero attached hydrogens (tertiary/aromatic N) is 1. The molecule has 4 nitrogen and oxygen atoms in total. The van der Waals surface area contributed by atoms with Gasteiger partial charge in [0.15, 0.2) is 0 Å². The molecule has 5 heteroatoms. The van der Waals surface area contributed by atoms with E-state index < -0.39 is 6.04 Å². The summed E-state index contributed by atoms with van der Waals surface area (Å²) >= 11 is 1.67. The fourth-order valence-electron chi connectivity index (χ4n) is 3.11. The van der Waals surface area contributed by atoms with Gasteiger partial charge in [-0.25, -0.2) is 0 Å². The van der Waals surface area contributed by atoms with E-state index in [-0.39, 0.29) is 17.9 Å². The van der Waals surface area contributed by atoms with Crippen LogP contribution in [0.2, 0.25) is 0 Å². The van der Waals surface area contributed by atoms with Gasteiger partial charge >= 0.3 is 0 Å². The number of benzene rings is 2. The molecule has 0 fully saturated rings. The van der Waals surface area contributed by atoms with Crippen molar-refractivity contribution in [3.63, 3.8) is 0 Å². The number of nitrogens with one attached hydrogen (secondary N) is 1. The largest absolute Gasteiger partial charge is 0.352 e. The minimum Gasteiger partial charge on any atom is -0.352 e. The Balaban J connectivity index is 2.08. The summed E-state index contributed by atoms with van der Waals surface area (Å²) < 4.78 is 0. The second-order valence-corrected chi connectivity index (χ2v) is 8.67. The van der Waals surface area contributed by atoms with E-state index in [1.54, 1.807) is 16.7 Å². The second kappa shape index (κ2) is 11.7. The van der Waals surface area contributed by atoms with Crippen LogP contribution in [-0.4, -0.2) is 34.6 Å². The molecule has 0 heterocycles. The van der Waals surface area contributed by atoms with Crippen molar-refractivity contribution in [3.8, 4) is 0 Å². The van der Waals surface area contributed by atoms with Gasteiger partial charge in [-0.2, -0.15) is 0 Å². The monoisotopic (exact) mass is 412 g/mol. The van der Waals surface area contributed by atoms with E-state index in [2.05, 4.69) is 36.5 Å². The topological polar surface area (TPSA) is 49.4 Å². The predicted octanol–water partition coefficient (Wildman–Crippen LogP) is 4.81. The molecule has 0 spiro atoms. The van der Waals surface area contributed by atoms with Gasteiger partial charge in [0.25, 0.3) is 0 Å². The average molecular weight is 413 g/mol. The summed E-state index contributed by atoms with van der Waals surface area (Å²) in [7, 11) is 0. The van der Waals surface area contributed by atoms with Gasteiger partial charge < -0.3 is 10.2 Å². The third-order valence-electron chi connectivity index (χ3n) is 4.62. The maximum absolute atomic E-state index is 13.1. The number of carbonyl (C=O) groups is 2. The van der Waals surface area contributed by atoms with E-state index in [1.165, 1.54) is 5.56 Å². The normalized spacial score (nSPS) is 11.9. The molecule has 2 aromatic carbocycles. The molecule has 0 unspecified atom stereocenters. The minimum absolute atomic E-state index is 0.0132. The summed E-state index contributed by atoms with van der Waals surface area (Å²) in [4.78, 5) is 28.7. The SMILES string of the molecule is CC[C@@H](C(=O)NC(C)C)N(Cc1ccccc1)C(=O)CCSc1ccc(C)cc1. The van der Waals surface area contributed by atoms with Gasteiger partial charge in [0, 0.05) is 29.7 Å². The number of carbonyl (C=O) groups excluding carboxylic acids is 2. The number of aryl methyl sites for hydroxylation is 1. The van der Waals surface area contributed by atoms with Gasteiger partial charge in [-0.1, -0.05) is 55.0 Å². The van der Waals surface area contributed by atoms with Crippen molar-refractivity contribution in [1.29, 1.82) is 0 Å². The zero-order valence-electron chi connectivity index (χ0n) is 17.9. The molecule has 0 saturated carbocycles. The first-order valence-electron chi connectivity index (χ1n) is 10.2. The maximum Gasteiger partial charge on any atom is 0.243 e. The molecule has 0 radical (unpaired) electrons. The van der Waals surface area contributed by atoms with Gasteiger partial charge in [0.1, 0.15) is 6.04 Å².